The molecule has 0 radical (unpaired) electrons. The molecule has 0 aromatic heterocycles. The Morgan fingerprint density at radius 3 is 2.44 bits per heavy atom. The average molecular weight is 232 g/mol. The molecule has 94 valence electrons. The third-order valence-corrected chi connectivity index (χ3v) is 2.06. The Morgan fingerprint density at radius 2 is 1.94 bits per heavy atom. The van der Waals surface area contributed by atoms with Crippen molar-refractivity contribution in [3.05, 3.63) is 0 Å². The van der Waals surface area contributed by atoms with Gasteiger partial charge in [0.25, 0.3) is 0 Å². The highest BCUT2D eigenvalue weighted by Gasteiger charge is 2.08. The van der Waals surface area contributed by atoms with Gasteiger partial charge >= 0.3 is 6.09 Å². The van der Waals surface area contributed by atoms with Crippen LogP contribution in [-0.2, 0) is 14.3 Å². The molecule has 0 aliphatic heterocycles. The third kappa shape index (κ3) is 7.05. The lowest BCUT2D eigenvalue weighted by atomic mass is 10.3. The van der Waals surface area contributed by atoms with E-state index in [1.54, 1.807) is 12.0 Å². The quantitative estimate of drug-likeness (QED) is 0.638. The van der Waals surface area contributed by atoms with Gasteiger partial charge in [-0.05, 0) is 6.42 Å². The fourth-order valence-corrected chi connectivity index (χ4v) is 1.19. The van der Waals surface area contributed by atoms with Crippen molar-refractivity contribution in [3.8, 4) is 0 Å². The topological polar surface area (TPSA) is 67.9 Å². The molecule has 1 N–H and O–H groups in total. The normalized spacial score (nSPS) is 9.69. The summed E-state index contributed by atoms with van der Waals surface area (Å²) in [5, 5.41) is 2.52. The first-order valence-corrected chi connectivity index (χ1v) is 5.18. The number of methoxy groups -OCH3 is 2. The van der Waals surface area contributed by atoms with Gasteiger partial charge in [0.1, 0.15) is 0 Å². The molecule has 0 heterocycles. The molecule has 0 saturated heterocycles. The Labute approximate surface area is 95.9 Å². The zero-order chi connectivity index (χ0) is 12.4. The van der Waals surface area contributed by atoms with E-state index in [2.05, 4.69) is 10.1 Å². The Hall–Kier alpha value is -1.30. The van der Waals surface area contributed by atoms with E-state index in [9.17, 15) is 9.59 Å². The van der Waals surface area contributed by atoms with Crippen LogP contribution in [-0.4, -0.2) is 57.4 Å². The molecule has 0 aromatic carbocycles. The van der Waals surface area contributed by atoms with Crippen molar-refractivity contribution in [1.29, 1.82) is 0 Å². The van der Waals surface area contributed by atoms with Crippen LogP contribution in [0.15, 0.2) is 0 Å². The summed E-state index contributed by atoms with van der Waals surface area (Å²) in [5.41, 5.74) is 0. The monoisotopic (exact) mass is 232 g/mol. The molecule has 0 rings (SSSR count). The summed E-state index contributed by atoms with van der Waals surface area (Å²) in [6, 6.07) is 0. The summed E-state index contributed by atoms with van der Waals surface area (Å²) < 4.78 is 9.32. The maximum absolute atomic E-state index is 11.2. The molecule has 16 heavy (non-hydrogen) atoms. The van der Waals surface area contributed by atoms with Crippen LogP contribution in [0.2, 0.25) is 0 Å². The average Bonchev–Trinajstić information content (AvgIpc) is 2.26. The van der Waals surface area contributed by atoms with Crippen LogP contribution in [0, 0.1) is 0 Å². The molecule has 6 nitrogen and oxygen atoms in total. The van der Waals surface area contributed by atoms with Gasteiger partial charge in [-0.25, -0.2) is 4.79 Å². The minimum absolute atomic E-state index is 0.0113. The maximum atomic E-state index is 11.2. The largest absolute Gasteiger partial charge is 0.453 e. The van der Waals surface area contributed by atoms with Crippen LogP contribution in [0.1, 0.15) is 13.3 Å². The molecule has 6 heteroatoms. The highest BCUT2D eigenvalue weighted by Crippen LogP contribution is 1.92. The highest BCUT2D eigenvalue weighted by molar-refractivity contribution is 5.73. The van der Waals surface area contributed by atoms with Crippen LogP contribution in [0.25, 0.3) is 0 Å². The van der Waals surface area contributed by atoms with Crippen LogP contribution in [0.4, 0.5) is 4.79 Å². The SMILES string of the molecule is COCCCN(CCNC(=O)OC)C(C)=O. The van der Waals surface area contributed by atoms with E-state index in [0.29, 0.717) is 26.2 Å². The summed E-state index contributed by atoms with van der Waals surface area (Å²) in [6.45, 7) is 3.62. The van der Waals surface area contributed by atoms with Gasteiger partial charge in [0.05, 0.1) is 7.11 Å². The van der Waals surface area contributed by atoms with Crippen molar-refractivity contribution < 1.29 is 19.1 Å². The lowest BCUT2D eigenvalue weighted by Crippen LogP contribution is -2.38. The fourth-order valence-electron chi connectivity index (χ4n) is 1.19. The number of amides is 2. The molecule has 0 fully saturated rings. The molecular weight excluding hydrogens is 212 g/mol. The summed E-state index contributed by atoms with van der Waals surface area (Å²) in [6.07, 6.45) is 0.300. The second kappa shape index (κ2) is 8.96. The molecule has 0 atom stereocenters. The Bertz CT molecular complexity index is 221. The Kier molecular flexibility index (Phi) is 8.24. The number of rotatable bonds is 7. The summed E-state index contributed by atoms with van der Waals surface area (Å²) in [5.74, 6) is -0.0113. The molecule has 0 bridgehead atoms. The predicted molar refractivity (Wildman–Crippen MR) is 59.2 cm³/mol. The molecule has 0 unspecified atom stereocenters. The molecule has 2 amide bonds. The molecule has 0 saturated carbocycles. The van der Waals surface area contributed by atoms with Crippen LogP contribution in [0.3, 0.4) is 0 Å². The van der Waals surface area contributed by atoms with Gasteiger partial charge in [0, 0.05) is 40.3 Å². The van der Waals surface area contributed by atoms with Gasteiger partial charge in [-0.3, -0.25) is 4.79 Å². The van der Waals surface area contributed by atoms with E-state index in [1.807, 2.05) is 0 Å². The Morgan fingerprint density at radius 1 is 1.25 bits per heavy atom. The third-order valence-electron chi connectivity index (χ3n) is 2.06. The number of hydrogen-bond acceptors (Lipinski definition) is 4. The standard InChI is InChI=1S/C10H20N2O4/c1-9(13)12(6-4-8-15-2)7-5-11-10(14)16-3/h4-8H2,1-3H3,(H,11,14). The number of hydrogen-bond donors (Lipinski definition) is 1. The van der Waals surface area contributed by atoms with Crippen molar-refractivity contribution in [3.63, 3.8) is 0 Å². The Balaban J connectivity index is 3.76. The highest BCUT2D eigenvalue weighted by atomic mass is 16.5. The van der Waals surface area contributed by atoms with E-state index in [0.717, 1.165) is 6.42 Å². The van der Waals surface area contributed by atoms with Gasteiger partial charge in [0.15, 0.2) is 0 Å². The van der Waals surface area contributed by atoms with E-state index in [1.165, 1.54) is 14.0 Å². The van der Waals surface area contributed by atoms with Crippen molar-refractivity contribution in [2.24, 2.45) is 0 Å². The van der Waals surface area contributed by atoms with Gasteiger partial charge in [-0.15, -0.1) is 0 Å². The molecular formula is C10H20N2O4. The number of carbonyl (C=O) groups is 2. The number of ether oxygens (including phenoxy) is 2. The zero-order valence-electron chi connectivity index (χ0n) is 10.1. The van der Waals surface area contributed by atoms with E-state index >= 15 is 0 Å². The molecule has 0 aromatic rings. The van der Waals surface area contributed by atoms with Crippen LogP contribution >= 0.6 is 0 Å². The first-order chi connectivity index (χ1) is 7.61. The lowest BCUT2D eigenvalue weighted by Gasteiger charge is -2.20. The first-order valence-electron chi connectivity index (χ1n) is 5.18. The van der Waals surface area contributed by atoms with Gasteiger partial charge in [-0.2, -0.15) is 0 Å². The molecule has 0 spiro atoms. The van der Waals surface area contributed by atoms with Crippen molar-refractivity contribution in [1.82, 2.24) is 10.2 Å². The minimum atomic E-state index is -0.486. The summed E-state index contributed by atoms with van der Waals surface area (Å²) >= 11 is 0. The van der Waals surface area contributed by atoms with Gasteiger partial charge in [0.2, 0.25) is 5.91 Å². The number of alkyl carbamates (subject to hydrolysis) is 1. The second-order valence-electron chi connectivity index (χ2n) is 3.27. The predicted octanol–water partition coefficient (Wildman–Crippen LogP) is 0.227. The second-order valence-corrected chi connectivity index (χ2v) is 3.27. The lowest BCUT2D eigenvalue weighted by molar-refractivity contribution is -0.129. The van der Waals surface area contributed by atoms with E-state index < -0.39 is 6.09 Å². The molecule has 0 aliphatic rings. The minimum Gasteiger partial charge on any atom is -0.453 e. The summed E-state index contributed by atoms with van der Waals surface area (Å²) in [7, 11) is 2.92. The van der Waals surface area contributed by atoms with Crippen molar-refractivity contribution in [2.75, 3.05) is 40.5 Å². The van der Waals surface area contributed by atoms with Gasteiger partial charge < -0.3 is 19.7 Å². The molecule has 0 aliphatic carbocycles. The van der Waals surface area contributed by atoms with E-state index in [-0.39, 0.29) is 5.91 Å². The zero-order valence-corrected chi connectivity index (χ0v) is 10.1. The van der Waals surface area contributed by atoms with E-state index in [4.69, 9.17) is 4.74 Å². The number of nitrogens with zero attached hydrogens (tertiary/aromatic N) is 1. The smallest absolute Gasteiger partial charge is 0.406 e. The van der Waals surface area contributed by atoms with Crippen LogP contribution < -0.4 is 5.32 Å². The number of nitrogens with one attached hydrogen (secondary N) is 1. The first kappa shape index (κ1) is 14.7. The van der Waals surface area contributed by atoms with Crippen LogP contribution in [0.5, 0.6) is 0 Å². The van der Waals surface area contributed by atoms with Gasteiger partial charge in [-0.1, -0.05) is 0 Å². The number of carbonyl (C=O) groups excluding carboxylic acids is 2. The fraction of sp³-hybridized carbons (Fsp3) is 0.800. The van der Waals surface area contributed by atoms with Crippen molar-refractivity contribution >= 4 is 12.0 Å². The van der Waals surface area contributed by atoms with Crippen molar-refractivity contribution in [2.45, 2.75) is 13.3 Å². The maximum Gasteiger partial charge on any atom is 0.406 e. The summed E-state index contributed by atoms with van der Waals surface area (Å²) in [4.78, 5) is 23.7.